The van der Waals surface area contributed by atoms with Crippen molar-refractivity contribution < 1.29 is 9.53 Å². The van der Waals surface area contributed by atoms with Crippen molar-refractivity contribution in [3.05, 3.63) is 59.7 Å². The smallest absolute Gasteiger partial charge is 0.410 e. The zero-order valence-electron chi connectivity index (χ0n) is 22.1. The van der Waals surface area contributed by atoms with Crippen LogP contribution in [0.2, 0.25) is 0 Å². The van der Waals surface area contributed by atoms with Gasteiger partial charge in [0.15, 0.2) is 0 Å². The van der Waals surface area contributed by atoms with E-state index >= 15 is 0 Å². The number of benzene rings is 1. The number of rotatable bonds is 5. The Morgan fingerprint density at radius 2 is 1.97 bits per heavy atom. The van der Waals surface area contributed by atoms with E-state index in [2.05, 4.69) is 46.8 Å². The summed E-state index contributed by atoms with van der Waals surface area (Å²) in [5.74, 6) is 1.45. The third kappa shape index (κ3) is 5.41. The Balaban J connectivity index is 1.36. The minimum absolute atomic E-state index is 0.203. The molecular weight excluding hydrogens is 450 g/mol. The molecule has 7 heteroatoms. The molecule has 0 N–H and O–H groups in total. The number of aryl methyl sites for hydroxylation is 1. The number of carbonyl (C=O) groups is 1. The molecule has 2 atom stereocenters. The molecule has 192 valence electrons. The van der Waals surface area contributed by atoms with Gasteiger partial charge in [0.2, 0.25) is 0 Å². The Kier molecular flexibility index (Phi) is 7.02. The second-order valence-corrected chi connectivity index (χ2v) is 11.4. The van der Waals surface area contributed by atoms with Crippen molar-refractivity contribution in [2.45, 2.75) is 77.6 Å². The van der Waals surface area contributed by atoms with Crippen LogP contribution in [0, 0.1) is 5.92 Å². The second-order valence-electron chi connectivity index (χ2n) is 11.4. The van der Waals surface area contributed by atoms with E-state index in [1.54, 1.807) is 0 Å². The number of likely N-dealkylation sites (tertiary alicyclic amines) is 1. The van der Waals surface area contributed by atoms with Crippen LogP contribution in [-0.4, -0.2) is 56.2 Å². The number of ether oxygens (including phenoxy) is 1. The van der Waals surface area contributed by atoms with Gasteiger partial charge >= 0.3 is 6.09 Å². The van der Waals surface area contributed by atoms with Crippen LogP contribution < -0.4 is 0 Å². The molecule has 1 fully saturated rings. The van der Waals surface area contributed by atoms with Crippen molar-refractivity contribution in [2.75, 3.05) is 20.1 Å². The van der Waals surface area contributed by atoms with Crippen LogP contribution in [0.3, 0.4) is 0 Å². The van der Waals surface area contributed by atoms with Crippen molar-refractivity contribution in [3.63, 3.8) is 0 Å². The Bertz CT molecular complexity index is 1210. The standard InChI is InChI=1S/C29H39N5O2/c1-29(2,3)36-28(35)33-17-9-10-21(18-33)19-34-24-14-6-5-13-23(24)31-26(34)20-32(4)25-15-7-11-22-12-8-16-30-27(22)25/h5-6,8,12-14,16,21,25H,7,9-11,15,17-20H2,1-4H3/t21-,25+/m1/s1. The highest BCUT2D eigenvalue weighted by molar-refractivity contribution is 5.76. The molecule has 2 aliphatic rings. The van der Waals surface area contributed by atoms with Crippen molar-refractivity contribution in [1.29, 1.82) is 0 Å². The number of para-hydroxylation sites is 2. The SMILES string of the molecule is CN(Cc1nc2ccccc2n1C[C@@H]1CCCN(C(=O)OC(C)(C)C)C1)[C@H]1CCCc2cccnc21. The van der Waals surface area contributed by atoms with Crippen LogP contribution >= 0.6 is 0 Å². The average molecular weight is 490 g/mol. The minimum Gasteiger partial charge on any atom is -0.444 e. The summed E-state index contributed by atoms with van der Waals surface area (Å²) in [6.45, 7) is 8.86. The van der Waals surface area contributed by atoms with Gasteiger partial charge in [-0.1, -0.05) is 18.2 Å². The van der Waals surface area contributed by atoms with Gasteiger partial charge in [0.25, 0.3) is 0 Å². The largest absolute Gasteiger partial charge is 0.444 e. The van der Waals surface area contributed by atoms with Gasteiger partial charge in [-0.3, -0.25) is 9.88 Å². The van der Waals surface area contributed by atoms with Crippen molar-refractivity contribution >= 4 is 17.1 Å². The van der Waals surface area contributed by atoms with E-state index < -0.39 is 5.60 Å². The van der Waals surface area contributed by atoms with Gasteiger partial charge in [-0.25, -0.2) is 9.78 Å². The topological polar surface area (TPSA) is 63.5 Å². The summed E-state index contributed by atoms with van der Waals surface area (Å²) in [6.07, 6.45) is 7.23. The number of aromatic nitrogens is 3. The molecule has 0 bridgehead atoms. The summed E-state index contributed by atoms with van der Waals surface area (Å²) in [5, 5.41) is 0. The first-order valence-electron chi connectivity index (χ1n) is 13.3. The average Bonchev–Trinajstić information content (AvgIpc) is 3.19. The number of carbonyl (C=O) groups excluding carboxylic acids is 1. The maximum absolute atomic E-state index is 12.7. The molecule has 2 aromatic heterocycles. The van der Waals surface area contributed by atoms with Crippen molar-refractivity contribution in [3.8, 4) is 0 Å². The van der Waals surface area contributed by atoms with Gasteiger partial charge in [0.1, 0.15) is 11.4 Å². The summed E-state index contributed by atoms with van der Waals surface area (Å²) in [4.78, 5) is 26.9. The number of piperidine rings is 1. The van der Waals surface area contributed by atoms with Gasteiger partial charge in [0, 0.05) is 25.8 Å². The Morgan fingerprint density at radius 3 is 2.81 bits per heavy atom. The second kappa shape index (κ2) is 10.2. The van der Waals surface area contributed by atoms with E-state index in [-0.39, 0.29) is 6.09 Å². The molecule has 0 radical (unpaired) electrons. The number of pyridine rings is 1. The van der Waals surface area contributed by atoms with E-state index in [4.69, 9.17) is 14.7 Å². The third-order valence-electron chi connectivity index (χ3n) is 7.43. The summed E-state index contributed by atoms with van der Waals surface area (Å²) < 4.78 is 8.04. The van der Waals surface area contributed by atoms with Crippen molar-refractivity contribution in [1.82, 2.24) is 24.3 Å². The molecule has 1 aliphatic heterocycles. The molecule has 3 aromatic rings. The summed E-state index contributed by atoms with van der Waals surface area (Å²) >= 11 is 0. The third-order valence-corrected chi connectivity index (χ3v) is 7.43. The first-order valence-corrected chi connectivity index (χ1v) is 13.3. The van der Waals surface area contributed by atoms with Crippen LogP contribution in [-0.2, 0) is 24.2 Å². The number of fused-ring (bicyclic) bond motifs is 2. The molecule has 0 saturated carbocycles. The van der Waals surface area contributed by atoms with E-state index in [0.29, 0.717) is 12.0 Å². The van der Waals surface area contributed by atoms with Gasteiger partial charge in [0.05, 0.1) is 29.3 Å². The highest BCUT2D eigenvalue weighted by Crippen LogP contribution is 2.33. The molecule has 0 spiro atoms. The first kappa shape index (κ1) is 24.8. The van der Waals surface area contributed by atoms with Crippen LogP contribution in [0.1, 0.15) is 69.6 Å². The molecule has 1 saturated heterocycles. The van der Waals surface area contributed by atoms with E-state index in [1.807, 2.05) is 37.9 Å². The van der Waals surface area contributed by atoms with Crippen LogP contribution in [0.5, 0.6) is 0 Å². The number of imidazole rings is 1. The molecule has 1 aromatic carbocycles. The number of amides is 1. The van der Waals surface area contributed by atoms with Crippen LogP contribution in [0.25, 0.3) is 11.0 Å². The summed E-state index contributed by atoms with van der Waals surface area (Å²) in [5.41, 5.74) is 4.31. The fourth-order valence-corrected chi connectivity index (χ4v) is 5.76. The first-order chi connectivity index (χ1) is 17.3. The van der Waals surface area contributed by atoms with E-state index in [1.165, 1.54) is 17.7 Å². The maximum Gasteiger partial charge on any atom is 0.410 e. The Labute approximate surface area is 214 Å². The Hall–Kier alpha value is -2.93. The normalized spacial score (nSPS) is 20.5. The van der Waals surface area contributed by atoms with Crippen molar-refractivity contribution in [2.24, 2.45) is 5.92 Å². The van der Waals surface area contributed by atoms with Gasteiger partial charge in [-0.05, 0) is 89.6 Å². The number of hydrogen-bond acceptors (Lipinski definition) is 5. The molecule has 7 nitrogen and oxygen atoms in total. The van der Waals surface area contributed by atoms with Gasteiger partial charge in [-0.15, -0.1) is 0 Å². The van der Waals surface area contributed by atoms with Gasteiger partial charge < -0.3 is 14.2 Å². The lowest BCUT2D eigenvalue weighted by molar-refractivity contribution is 0.0157. The molecule has 0 unspecified atom stereocenters. The fraction of sp³-hybridized carbons (Fsp3) is 0.552. The summed E-state index contributed by atoms with van der Waals surface area (Å²) in [7, 11) is 2.20. The lowest BCUT2D eigenvalue weighted by atomic mass is 9.91. The zero-order valence-corrected chi connectivity index (χ0v) is 22.1. The van der Waals surface area contributed by atoms with E-state index in [0.717, 1.165) is 68.7 Å². The molecule has 36 heavy (non-hydrogen) atoms. The maximum atomic E-state index is 12.7. The van der Waals surface area contributed by atoms with E-state index in [9.17, 15) is 4.79 Å². The van der Waals surface area contributed by atoms with Gasteiger partial charge in [-0.2, -0.15) is 0 Å². The highest BCUT2D eigenvalue weighted by Gasteiger charge is 2.30. The lowest BCUT2D eigenvalue weighted by Gasteiger charge is -2.35. The summed E-state index contributed by atoms with van der Waals surface area (Å²) in [6, 6.07) is 13.0. The molecule has 1 aliphatic carbocycles. The predicted octanol–water partition coefficient (Wildman–Crippen LogP) is 5.59. The Morgan fingerprint density at radius 1 is 1.14 bits per heavy atom. The predicted molar refractivity (Wildman–Crippen MR) is 142 cm³/mol. The fourth-order valence-electron chi connectivity index (χ4n) is 5.76. The highest BCUT2D eigenvalue weighted by atomic mass is 16.6. The molecule has 5 rings (SSSR count). The molecule has 3 heterocycles. The lowest BCUT2D eigenvalue weighted by Crippen LogP contribution is -2.43. The zero-order chi connectivity index (χ0) is 25.3. The quantitative estimate of drug-likeness (QED) is 0.468. The van der Waals surface area contributed by atoms with Crippen LogP contribution in [0.15, 0.2) is 42.6 Å². The molecule has 1 amide bonds. The minimum atomic E-state index is -0.477. The number of nitrogens with zero attached hydrogens (tertiary/aromatic N) is 5. The number of hydrogen-bond donors (Lipinski definition) is 0. The monoisotopic (exact) mass is 489 g/mol. The molecular formula is C29H39N5O2. The van der Waals surface area contributed by atoms with Crippen LogP contribution in [0.4, 0.5) is 4.79 Å².